The van der Waals surface area contributed by atoms with E-state index in [0.717, 1.165) is 23.9 Å². The van der Waals surface area contributed by atoms with Gasteiger partial charge in [0.1, 0.15) is 0 Å². The van der Waals surface area contributed by atoms with E-state index in [1.165, 1.54) is 10.8 Å². The summed E-state index contributed by atoms with van der Waals surface area (Å²) in [5.41, 5.74) is 4.08. The van der Waals surface area contributed by atoms with Gasteiger partial charge in [-0.2, -0.15) is 10.5 Å². The molecule has 33 heavy (non-hydrogen) atoms. The monoisotopic (exact) mass is 433 g/mol. The number of amides is 1. The SMILES string of the molecule is N#CC1=CC(c2cc(NC3CN(C(=O)c4ccc(C#N)cc4)C3)c3c(c2)=CCNC=3)CC=C1. The molecule has 2 aromatic rings. The predicted molar refractivity (Wildman–Crippen MR) is 127 cm³/mol. The Morgan fingerprint density at radius 1 is 1.12 bits per heavy atom. The number of likely N-dealkylation sites (tertiary alicyclic amines) is 1. The highest BCUT2D eigenvalue weighted by atomic mass is 16.2. The van der Waals surface area contributed by atoms with Crippen LogP contribution in [0.25, 0.3) is 12.3 Å². The molecule has 5 rings (SSSR count). The van der Waals surface area contributed by atoms with Crippen molar-refractivity contribution in [2.45, 2.75) is 18.4 Å². The minimum Gasteiger partial charge on any atom is -0.387 e. The van der Waals surface area contributed by atoms with Crippen LogP contribution in [-0.4, -0.2) is 36.5 Å². The predicted octanol–water partition coefficient (Wildman–Crippen LogP) is 2.11. The van der Waals surface area contributed by atoms with E-state index in [2.05, 4.69) is 47.1 Å². The van der Waals surface area contributed by atoms with Crippen molar-refractivity contribution < 1.29 is 4.79 Å². The molecule has 0 aromatic heterocycles. The normalized spacial score (nSPS) is 18.8. The Kier molecular flexibility index (Phi) is 5.42. The number of fused-ring (bicyclic) bond motifs is 1. The van der Waals surface area contributed by atoms with Gasteiger partial charge < -0.3 is 15.5 Å². The fraction of sp³-hybridized carbons (Fsp3) is 0.222. The summed E-state index contributed by atoms with van der Waals surface area (Å²) in [6, 6.07) is 15.6. The van der Waals surface area contributed by atoms with Crippen LogP contribution in [0.15, 0.2) is 60.2 Å². The van der Waals surface area contributed by atoms with Crippen LogP contribution in [0.2, 0.25) is 0 Å². The van der Waals surface area contributed by atoms with Crippen molar-refractivity contribution in [2.24, 2.45) is 0 Å². The lowest BCUT2D eigenvalue weighted by molar-refractivity contribution is 0.0625. The maximum Gasteiger partial charge on any atom is 0.253 e. The maximum atomic E-state index is 12.7. The zero-order chi connectivity index (χ0) is 22.8. The lowest BCUT2D eigenvalue weighted by Crippen LogP contribution is -2.57. The summed E-state index contributed by atoms with van der Waals surface area (Å²) in [7, 11) is 0. The number of hydrogen-bond donors (Lipinski definition) is 2. The third-order valence-corrected chi connectivity index (χ3v) is 6.34. The lowest BCUT2D eigenvalue weighted by Gasteiger charge is -2.40. The average Bonchev–Trinajstić information content (AvgIpc) is 2.85. The van der Waals surface area contributed by atoms with Crippen LogP contribution < -0.4 is 21.1 Å². The molecule has 2 heterocycles. The Morgan fingerprint density at radius 2 is 1.94 bits per heavy atom. The second-order valence-electron chi connectivity index (χ2n) is 8.55. The van der Waals surface area contributed by atoms with Crippen LogP contribution in [-0.2, 0) is 0 Å². The number of benzene rings is 2. The van der Waals surface area contributed by atoms with Gasteiger partial charge in [0.25, 0.3) is 5.91 Å². The van der Waals surface area contributed by atoms with Crippen molar-refractivity contribution in [3.05, 3.63) is 87.3 Å². The van der Waals surface area contributed by atoms with E-state index in [0.29, 0.717) is 29.8 Å². The molecule has 6 heteroatoms. The summed E-state index contributed by atoms with van der Waals surface area (Å²) in [4.78, 5) is 14.5. The van der Waals surface area contributed by atoms with Crippen molar-refractivity contribution in [2.75, 3.05) is 25.0 Å². The van der Waals surface area contributed by atoms with Crippen molar-refractivity contribution in [3.8, 4) is 12.1 Å². The topological polar surface area (TPSA) is 92.0 Å². The van der Waals surface area contributed by atoms with Gasteiger partial charge in [-0.3, -0.25) is 4.79 Å². The summed E-state index contributed by atoms with van der Waals surface area (Å²) in [5, 5.41) is 27.5. The summed E-state index contributed by atoms with van der Waals surface area (Å²) in [6.45, 7) is 2.04. The maximum absolute atomic E-state index is 12.7. The van der Waals surface area contributed by atoms with Crippen LogP contribution in [0.4, 0.5) is 5.69 Å². The zero-order valence-electron chi connectivity index (χ0n) is 18.1. The number of hydrogen-bond acceptors (Lipinski definition) is 5. The van der Waals surface area contributed by atoms with Gasteiger partial charge >= 0.3 is 0 Å². The molecule has 2 aliphatic heterocycles. The molecule has 3 aliphatic rings. The van der Waals surface area contributed by atoms with Crippen LogP contribution in [0.1, 0.15) is 33.8 Å². The van der Waals surface area contributed by atoms with Gasteiger partial charge in [0.15, 0.2) is 0 Å². The molecule has 1 atom stereocenters. The molecule has 0 spiro atoms. The fourth-order valence-electron chi connectivity index (χ4n) is 4.51. The fourth-order valence-corrected chi connectivity index (χ4v) is 4.51. The minimum absolute atomic E-state index is 0.0157. The molecular formula is C27H23N5O. The average molecular weight is 434 g/mol. The minimum atomic E-state index is -0.0157. The van der Waals surface area contributed by atoms with Gasteiger partial charge in [-0.25, -0.2) is 0 Å². The Hall–Kier alpha value is -4.29. The Balaban J connectivity index is 1.34. The van der Waals surface area contributed by atoms with E-state index in [9.17, 15) is 10.1 Å². The molecule has 1 saturated heterocycles. The largest absolute Gasteiger partial charge is 0.387 e. The number of nitriles is 2. The quantitative estimate of drug-likeness (QED) is 0.771. The highest BCUT2D eigenvalue weighted by Crippen LogP contribution is 2.27. The van der Waals surface area contributed by atoms with Gasteiger partial charge in [-0.15, -0.1) is 0 Å². The van der Waals surface area contributed by atoms with Crippen molar-refractivity contribution in [1.29, 1.82) is 10.5 Å². The molecule has 2 N–H and O–H groups in total. The van der Waals surface area contributed by atoms with Crippen molar-refractivity contribution >= 4 is 23.9 Å². The number of carbonyl (C=O) groups is 1. The molecule has 0 radical (unpaired) electrons. The first-order chi connectivity index (χ1) is 16.1. The third kappa shape index (κ3) is 4.12. The molecule has 6 nitrogen and oxygen atoms in total. The van der Waals surface area contributed by atoms with E-state index in [4.69, 9.17) is 5.26 Å². The second kappa shape index (κ2) is 8.68. The van der Waals surface area contributed by atoms with E-state index in [-0.39, 0.29) is 17.9 Å². The van der Waals surface area contributed by atoms with Crippen LogP contribution in [0.3, 0.4) is 0 Å². The lowest BCUT2D eigenvalue weighted by atomic mass is 9.88. The molecule has 0 saturated carbocycles. The first kappa shape index (κ1) is 20.6. The second-order valence-corrected chi connectivity index (χ2v) is 8.55. The standard InChI is InChI=1S/C27H23N5O/c28-13-18-4-6-20(7-5-18)27(33)32-16-24(17-32)31-26-12-23(11-22-8-9-30-15-25(22)26)21-3-1-2-19(10-21)14-29/h1-2,4-8,10-12,15,21,24,30-31H,3,9,16-17H2. The van der Waals surface area contributed by atoms with Crippen molar-refractivity contribution in [1.82, 2.24) is 10.2 Å². The number of allylic oxidation sites excluding steroid dienone is 4. The number of nitrogens with zero attached hydrogens (tertiary/aromatic N) is 3. The van der Waals surface area contributed by atoms with E-state index in [1.807, 2.05) is 23.3 Å². The summed E-state index contributed by atoms with van der Waals surface area (Å²) in [5.74, 6) is 0.160. The smallest absolute Gasteiger partial charge is 0.253 e. The Labute approximate surface area is 192 Å². The van der Waals surface area contributed by atoms with Gasteiger partial charge in [-0.1, -0.05) is 24.3 Å². The number of rotatable bonds is 4. The summed E-state index contributed by atoms with van der Waals surface area (Å²) < 4.78 is 0. The van der Waals surface area contributed by atoms with Crippen LogP contribution in [0, 0.1) is 22.7 Å². The van der Waals surface area contributed by atoms with Crippen LogP contribution in [0.5, 0.6) is 0 Å². The Bertz CT molecular complexity index is 1370. The van der Waals surface area contributed by atoms with Gasteiger partial charge in [0.05, 0.1) is 23.7 Å². The van der Waals surface area contributed by atoms with Gasteiger partial charge in [0.2, 0.25) is 0 Å². The number of nitrogens with one attached hydrogen (secondary N) is 2. The van der Waals surface area contributed by atoms with Gasteiger partial charge in [0, 0.05) is 53.8 Å². The molecule has 1 unspecified atom stereocenters. The molecule has 2 aromatic carbocycles. The Morgan fingerprint density at radius 3 is 2.70 bits per heavy atom. The van der Waals surface area contributed by atoms with Crippen LogP contribution >= 0.6 is 0 Å². The summed E-state index contributed by atoms with van der Waals surface area (Å²) >= 11 is 0. The first-order valence-electron chi connectivity index (χ1n) is 11.1. The van der Waals surface area contributed by atoms with E-state index >= 15 is 0 Å². The number of carbonyl (C=O) groups excluding carboxylic acids is 1. The zero-order valence-corrected chi connectivity index (χ0v) is 18.1. The molecule has 1 fully saturated rings. The third-order valence-electron chi connectivity index (χ3n) is 6.34. The molecule has 1 amide bonds. The highest BCUT2D eigenvalue weighted by molar-refractivity contribution is 5.95. The summed E-state index contributed by atoms with van der Waals surface area (Å²) in [6.07, 6.45) is 11.1. The van der Waals surface area contributed by atoms with Gasteiger partial charge in [-0.05, 0) is 53.6 Å². The van der Waals surface area contributed by atoms with E-state index in [1.54, 1.807) is 24.3 Å². The molecule has 1 aliphatic carbocycles. The molecular weight excluding hydrogens is 410 g/mol. The first-order valence-corrected chi connectivity index (χ1v) is 11.1. The van der Waals surface area contributed by atoms with E-state index < -0.39 is 0 Å². The highest BCUT2D eigenvalue weighted by Gasteiger charge is 2.31. The molecule has 162 valence electrons. The molecule has 0 bridgehead atoms. The number of anilines is 1. The van der Waals surface area contributed by atoms with Crippen molar-refractivity contribution in [3.63, 3.8) is 0 Å².